The maximum absolute atomic E-state index is 11.3. The van der Waals surface area contributed by atoms with Gasteiger partial charge in [0.05, 0.1) is 17.0 Å². The lowest BCUT2D eigenvalue weighted by molar-refractivity contribution is 1.01. The summed E-state index contributed by atoms with van der Waals surface area (Å²) in [6, 6.07) is 0. The average molecular weight is 194 g/mol. The Morgan fingerprint density at radius 3 is 2.07 bits per heavy atom. The Morgan fingerprint density at radius 1 is 1.07 bits per heavy atom. The number of hydrogen-bond donors (Lipinski definition) is 4. The second kappa shape index (κ2) is 3.41. The summed E-state index contributed by atoms with van der Waals surface area (Å²) in [7, 11) is 0. The van der Waals surface area contributed by atoms with Gasteiger partial charge in [0.15, 0.2) is 0 Å². The van der Waals surface area contributed by atoms with Gasteiger partial charge in [-0.05, 0) is 13.8 Å². The van der Waals surface area contributed by atoms with E-state index < -0.39 is 11.2 Å². The molecule has 1 rings (SSSR count). The van der Waals surface area contributed by atoms with Gasteiger partial charge >= 0.3 is 5.69 Å². The van der Waals surface area contributed by atoms with Gasteiger partial charge in [0.1, 0.15) is 0 Å². The molecule has 0 saturated carbocycles. The van der Waals surface area contributed by atoms with E-state index in [1.54, 1.807) is 0 Å². The van der Waals surface area contributed by atoms with E-state index in [1.807, 2.05) is 4.98 Å². The summed E-state index contributed by atoms with van der Waals surface area (Å²) in [5.41, 5.74) is -1.09. The molecule has 1 heterocycles. The van der Waals surface area contributed by atoms with Gasteiger partial charge in [-0.3, -0.25) is 9.78 Å². The van der Waals surface area contributed by atoms with Crippen molar-refractivity contribution in [3.8, 4) is 0 Å². The Hall–Kier alpha value is -1.98. The lowest BCUT2D eigenvalue weighted by Crippen LogP contribution is -2.31. The van der Waals surface area contributed by atoms with E-state index in [0.717, 1.165) is 0 Å². The normalized spacial score (nSPS) is 9.86. The summed E-state index contributed by atoms with van der Waals surface area (Å²) in [5.74, 6) is 0. The Morgan fingerprint density at radius 2 is 1.64 bits per heavy atom. The van der Waals surface area contributed by atoms with Crippen molar-refractivity contribution in [2.75, 3.05) is 0 Å². The van der Waals surface area contributed by atoms with Gasteiger partial charge in [0.25, 0.3) is 5.56 Å². The molecule has 0 unspecified atom stereocenters. The highest BCUT2D eigenvalue weighted by molar-refractivity contribution is 6.07. The number of aromatic nitrogens is 2. The van der Waals surface area contributed by atoms with Gasteiger partial charge in [0, 0.05) is 5.71 Å². The molecular weight excluding hydrogens is 184 g/mol. The zero-order valence-electron chi connectivity index (χ0n) is 7.82. The molecule has 6 heteroatoms. The van der Waals surface area contributed by atoms with E-state index >= 15 is 0 Å². The fourth-order valence-corrected chi connectivity index (χ4v) is 1.13. The lowest BCUT2D eigenvalue weighted by Gasteiger charge is -2.03. The SMILES string of the molecule is CC(=N)c1[nH]c(=O)[nH]c(=O)c1C(C)=N. The molecule has 0 aliphatic heterocycles. The first-order chi connectivity index (χ1) is 6.43. The maximum Gasteiger partial charge on any atom is 0.326 e. The monoisotopic (exact) mass is 194 g/mol. The number of hydrogen-bond acceptors (Lipinski definition) is 4. The molecule has 0 spiro atoms. The van der Waals surface area contributed by atoms with Gasteiger partial charge in [-0.15, -0.1) is 0 Å². The molecule has 0 aliphatic rings. The van der Waals surface area contributed by atoms with Crippen LogP contribution in [0.5, 0.6) is 0 Å². The van der Waals surface area contributed by atoms with Gasteiger partial charge < -0.3 is 15.8 Å². The number of aromatic amines is 2. The van der Waals surface area contributed by atoms with E-state index in [1.165, 1.54) is 13.8 Å². The fraction of sp³-hybridized carbons (Fsp3) is 0.250. The molecular formula is C8H10N4O2. The molecule has 0 aliphatic carbocycles. The molecule has 14 heavy (non-hydrogen) atoms. The van der Waals surface area contributed by atoms with Gasteiger partial charge in [-0.2, -0.15) is 0 Å². The Balaban J connectivity index is 3.70. The van der Waals surface area contributed by atoms with Crippen LogP contribution in [0.3, 0.4) is 0 Å². The van der Waals surface area contributed by atoms with Crippen LogP contribution >= 0.6 is 0 Å². The van der Waals surface area contributed by atoms with Crippen LogP contribution in [0.25, 0.3) is 0 Å². The van der Waals surface area contributed by atoms with Gasteiger partial charge in [0.2, 0.25) is 0 Å². The van der Waals surface area contributed by atoms with Crippen LogP contribution in [-0.2, 0) is 0 Å². The zero-order valence-corrected chi connectivity index (χ0v) is 7.82. The van der Waals surface area contributed by atoms with Crippen molar-refractivity contribution < 1.29 is 0 Å². The molecule has 0 radical (unpaired) electrons. The summed E-state index contributed by atoms with van der Waals surface area (Å²) in [6.45, 7) is 2.87. The first-order valence-corrected chi connectivity index (χ1v) is 3.91. The predicted octanol–water partition coefficient (Wildman–Crippen LogP) is -0.161. The summed E-state index contributed by atoms with van der Waals surface area (Å²) in [6.07, 6.45) is 0. The second-order valence-corrected chi connectivity index (χ2v) is 2.91. The van der Waals surface area contributed by atoms with Crippen LogP contribution in [0.2, 0.25) is 0 Å². The largest absolute Gasteiger partial charge is 0.326 e. The van der Waals surface area contributed by atoms with E-state index in [0.29, 0.717) is 0 Å². The second-order valence-electron chi connectivity index (χ2n) is 2.91. The molecule has 0 aromatic carbocycles. The van der Waals surface area contributed by atoms with Crippen molar-refractivity contribution in [1.29, 1.82) is 10.8 Å². The van der Waals surface area contributed by atoms with Crippen molar-refractivity contribution in [3.63, 3.8) is 0 Å². The fourth-order valence-electron chi connectivity index (χ4n) is 1.13. The summed E-state index contributed by atoms with van der Waals surface area (Å²) in [5, 5.41) is 14.7. The molecule has 0 amide bonds. The highest BCUT2D eigenvalue weighted by Gasteiger charge is 2.12. The van der Waals surface area contributed by atoms with Gasteiger partial charge in [-0.25, -0.2) is 4.79 Å². The third-order valence-corrected chi connectivity index (χ3v) is 1.69. The predicted molar refractivity (Wildman–Crippen MR) is 52.7 cm³/mol. The highest BCUT2D eigenvalue weighted by atomic mass is 16.2. The zero-order chi connectivity index (χ0) is 10.9. The smallest absolute Gasteiger partial charge is 0.305 e. The molecule has 0 fully saturated rings. The molecule has 4 N–H and O–H groups in total. The molecule has 74 valence electrons. The first-order valence-electron chi connectivity index (χ1n) is 3.91. The summed E-state index contributed by atoms with van der Waals surface area (Å²) < 4.78 is 0. The number of nitrogens with one attached hydrogen (secondary N) is 4. The van der Waals surface area contributed by atoms with Crippen molar-refractivity contribution >= 4 is 11.4 Å². The van der Waals surface area contributed by atoms with Crippen LogP contribution < -0.4 is 11.2 Å². The quantitative estimate of drug-likeness (QED) is 0.490. The van der Waals surface area contributed by atoms with E-state index in [2.05, 4.69) is 4.98 Å². The summed E-state index contributed by atoms with van der Waals surface area (Å²) in [4.78, 5) is 26.5. The summed E-state index contributed by atoms with van der Waals surface area (Å²) >= 11 is 0. The van der Waals surface area contributed by atoms with Crippen LogP contribution in [0.1, 0.15) is 25.1 Å². The van der Waals surface area contributed by atoms with Crippen molar-refractivity contribution in [3.05, 3.63) is 32.1 Å². The average Bonchev–Trinajstić information content (AvgIpc) is 2.01. The third kappa shape index (κ3) is 1.68. The number of rotatable bonds is 2. The molecule has 6 nitrogen and oxygen atoms in total. The molecule has 1 aromatic heterocycles. The van der Waals surface area contributed by atoms with E-state index in [4.69, 9.17) is 10.8 Å². The van der Waals surface area contributed by atoms with Crippen LogP contribution in [0.4, 0.5) is 0 Å². The minimum absolute atomic E-state index is 0.0177. The van der Waals surface area contributed by atoms with Gasteiger partial charge in [-0.1, -0.05) is 0 Å². The van der Waals surface area contributed by atoms with Crippen molar-refractivity contribution in [1.82, 2.24) is 9.97 Å². The van der Waals surface area contributed by atoms with Crippen LogP contribution in [0.15, 0.2) is 9.59 Å². The Kier molecular flexibility index (Phi) is 2.46. The molecule has 0 atom stereocenters. The first kappa shape index (κ1) is 10.1. The molecule has 1 aromatic rings. The Labute approximate surface area is 79.0 Å². The maximum atomic E-state index is 11.3. The van der Waals surface area contributed by atoms with Crippen LogP contribution in [-0.4, -0.2) is 21.4 Å². The lowest BCUT2D eigenvalue weighted by atomic mass is 10.1. The van der Waals surface area contributed by atoms with Crippen molar-refractivity contribution in [2.45, 2.75) is 13.8 Å². The Bertz CT molecular complexity index is 509. The van der Waals surface area contributed by atoms with E-state index in [9.17, 15) is 9.59 Å². The topological polar surface area (TPSA) is 113 Å². The minimum atomic E-state index is -0.665. The van der Waals surface area contributed by atoms with E-state index in [-0.39, 0.29) is 22.7 Å². The van der Waals surface area contributed by atoms with Crippen molar-refractivity contribution in [2.24, 2.45) is 0 Å². The standard InChI is InChI=1S/C8H10N4O2/c1-3(9)5-6(4(2)10)11-8(14)12-7(5)13/h9-10H,1-2H3,(H2,11,12,13,14). The highest BCUT2D eigenvalue weighted by Crippen LogP contribution is 1.99. The third-order valence-electron chi connectivity index (χ3n) is 1.69. The molecule has 0 bridgehead atoms. The minimum Gasteiger partial charge on any atom is -0.305 e. The molecule has 0 saturated heterocycles. The van der Waals surface area contributed by atoms with Crippen LogP contribution in [0, 0.1) is 10.8 Å². The number of H-pyrrole nitrogens is 2.